The fourth-order valence-electron chi connectivity index (χ4n) is 1.25. The van der Waals surface area contributed by atoms with Gasteiger partial charge in [-0.2, -0.15) is 0 Å². The minimum absolute atomic E-state index is 0.122. The summed E-state index contributed by atoms with van der Waals surface area (Å²) in [6.45, 7) is 0. The molecule has 1 aromatic carbocycles. The number of rotatable bonds is 3. The van der Waals surface area contributed by atoms with E-state index < -0.39 is 5.97 Å². The van der Waals surface area contributed by atoms with E-state index in [2.05, 4.69) is 4.98 Å². The number of aromatic nitrogens is 1. The fourth-order valence-corrected chi connectivity index (χ4v) is 1.47. The van der Waals surface area contributed by atoms with Gasteiger partial charge in [0.2, 0.25) is 0 Å². The number of ether oxygens (including phenoxy) is 1. The van der Waals surface area contributed by atoms with Crippen LogP contribution in [0.5, 0.6) is 11.5 Å². The molecule has 0 radical (unpaired) electrons. The third-order valence-electron chi connectivity index (χ3n) is 2.06. The first kappa shape index (κ1) is 11.4. The Hall–Kier alpha value is -2.07. The van der Waals surface area contributed by atoms with E-state index in [1.54, 1.807) is 24.5 Å². The van der Waals surface area contributed by atoms with Crippen LogP contribution >= 0.6 is 11.6 Å². The average Bonchev–Trinajstić information content (AvgIpc) is 2.33. The van der Waals surface area contributed by atoms with E-state index in [-0.39, 0.29) is 10.6 Å². The van der Waals surface area contributed by atoms with Crippen molar-refractivity contribution in [3.63, 3.8) is 0 Å². The summed E-state index contributed by atoms with van der Waals surface area (Å²) in [6.07, 6.45) is 3.18. The molecule has 0 bridgehead atoms. The number of carboxylic acids is 1. The van der Waals surface area contributed by atoms with E-state index in [1.807, 2.05) is 0 Å². The summed E-state index contributed by atoms with van der Waals surface area (Å²) in [6, 6.07) is 7.67. The summed E-state index contributed by atoms with van der Waals surface area (Å²) in [5, 5.41) is 9.03. The molecular formula is C12H8ClNO3. The van der Waals surface area contributed by atoms with Crippen molar-refractivity contribution in [3.8, 4) is 11.5 Å². The van der Waals surface area contributed by atoms with Gasteiger partial charge >= 0.3 is 5.97 Å². The van der Waals surface area contributed by atoms with Gasteiger partial charge in [-0.3, -0.25) is 4.98 Å². The first-order valence-corrected chi connectivity index (χ1v) is 5.15. The molecule has 0 amide bonds. The van der Waals surface area contributed by atoms with Crippen molar-refractivity contribution in [3.05, 3.63) is 53.3 Å². The first-order valence-electron chi connectivity index (χ1n) is 4.77. The Labute approximate surface area is 102 Å². The maximum atomic E-state index is 10.7. The van der Waals surface area contributed by atoms with Crippen LogP contribution in [-0.2, 0) is 0 Å². The number of halogens is 1. The molecule has 0 aliphatic heterocycles. The van der Waals surface area contributed by atoms with E-state index >= 15 is 0 Å². The third-order valence-corrected chi connectivity index (χ3v) is 2.35. The van der Waals surface area contributed by atoms with E-state index in [9.17, 15) is 4.79 Å². The minimum Gasteiger partial charge on any atom is -0.478 e. The van der Waals surface area contributed by atoms with Crippen LogP contribution in [0.25, 0.3) is 0 Å². The van der Waals surface area contributed by atoms with Gasteiger partial charge in [0.15, 0.2) is 0 Å². The van der Waals surface area contributed by atoms with Gasteiger partial charge < -0.3 is 9.84 Å². The molecule has 1 aromatic heterocycles. The van der Waals surface area contributed by atoms with Crippen LogP contribution in [-0.4, -0.2) is 16.1 Å². The zero-order chi connectivity index (χ0) is 12.3. The summed E-state index contributed by atoms with van der Waals surface area (Å²) >= 11 is 5.92. The predicted molar refractivity (Wildman–Crippen MR) is 62.7 cm³/mol. The molecule has 0 atom stereocenters. The van der Waals surface area contributed by atoms with Gasteiger partial charge in [0.25, 0.3) is 0 Å². The maximum Gasteiger partial charge on any atom is 0.335 e. The fraction of sp³-hybridized carbons (Fsp3) is 0. The van der Waals surface area contributed by atoms with Gasteiger partial charge in [-0.1, -0.05) is 11.6 Å². The van der Waals surface area contributed by atoms with Gasteiger partial charge in [0.1, 0.15) is 11.5 Å². The van der Waals surface area contributed by atoms with E-state index in [0.29, 0.717) is 11.5 Å². The van der Waals surface area contributed by atoms with Crippen molar-refractivity contribution in [2.45, 2.75) is 0 Å². The molecule has 0 aliphatic rings. The standard InChI is InChI=1S/C12H8ClNO3/c13-10-7-8(12(15)16)1-2-11(10)17-9-3-5-14-6-4-9/h1-7H,(H,15,16). The summed E-state index contributed by atoms with van der Waals surface area (Å²) in [5.41, 5.74) is 0.122. The zero-order valence-electron chi connectivity index (χ0n) is 8.63. The normalized spacial score (nSPS) is 9.94. The highest BCUT2D eigenvalue weighted by Crippen LogP contribution is 2.29. The number of aromatic carboxylic acids is 1. The number of carboxylic acid groups (broad SMARTS) is 1. The van der Waals surface area contributed by atoms with Crippen LogP contribution in [0.4, 0.5) is 0 Å². The van der Waals surface area contributed by atoms with Crippen molar-refractivity contribution in [2.75, 3.05) is 0 Å². The van der Waals surface area contributed by atoms with Crippen molar-refractivity contribution >= 4 is 17.6 Å². The molecule has 2 aromatic rings. The highest BCUT2D eigenvalue weighted by molar-refractivity contribution is 6.32. The number of pyridine rings is 1. The second-order valence-corrected chi connectivity index (χ2v) is 3.64. The molecule has 5 heteroatoms. The molecule has 0 spiro atoms. The molecule has 0 aliphatic carbocycles. The number of hydrogen-bond acceptors (Lipinski definition) is 3. The van der Waals surface area contributed by atoms with E-state index in [0.717, 1.165) is 0 Å². The smallest absolute Gasteiger partial charge is 0.335 e. The highest BCUT2D eigenvalue weighted by atomic mass is 35.5. The zero-order valence-corrected chi connectivity index (χ0v) is 9.39. The second kappa shape index (κ2) is 4.84. The molecule has 1 heterocycles. The largest absolute Gasteiger partial charge is 0.478 e. The maximum absolute atomic E-state index is 10.7. The van der Waals surface area contributed by atoms with Crippen LogP contribution in [0, 0.1) is 0 Å². The summed E-state index contributed by atoms with van der Waals surface area (Å²) in [5.74, 6) is -0.0322. The lowest BCUT2D eigenvalue weighted by atomic mass is 10.2. The van der Waals surface area contributed by atoms with E-state index in [1.165, 1.54) is 18.2 Å². The summed E-state index contributed by atoms with van der Waals surface area (Å²) in [4.78, 5) is 14.6. The van der Waals surface area contributed by atoms with Gasteiger partial charge in [-0.25, -0.2) is 4.79 Å². The van der Waals surface area contributed by atoms with Gasteiger partial charge in [0.05, 0.1) is 10.6 Å². The highest BCUT2D eigenvalue weighted by Gasteiger charge is 2.08. The minimum atomic E-state index is -1.03. The molecule has 86 valence electrons. The number of nitrogens with zero attached hydrogens (tertiary/aromatic N) is 1. The number of benzene rings is 1. The Morgan fingerprint density at radius 1 is 1.24 bits per heavy atom. The average molecular weight is 250 g/mol. The summed E-state index contributed by atoms with van der Waals surface area (Å²) < 4.78 is 5.48. The second-order valence-electron chi connectivity index (χ2n) is 3.24. The Balaban J connectivity index is 2.26. The van der Waals surface area contributed by atoms with Crippen molar-refractivity contribution in [2.24, 2.45) is 0 Å². The van der Waals surface area contributed by atoms with Crippen molar-refractivity contribution in [1.29, 1.82) is 0 Å². The Morgan fingerprint density at radius 2 is 1.94 bits per heavy atom. The van der Waals surface area contributed by atoms with Crippen LogP contribution in [0.15, 0.2) is 42.7 Å². The third kappa shape index (κ3) is 2.73. The van der Waals surface area contributed by atoms with Gasteiger partial charge in [0, 0.05) is 12.4 Å². The number of hydrogen-bond donors (Lipinski definition) is 1. The molecule has 1 N–H and O–H groups in total. The molecule has 0 saturated carbocycles. The van der Waals surface area contributed by atoms with Crippen LogP contribution in [0.1, 0.15) is 10.4 Å². The van der Waals surface area contributed by atoms with Crippen LogP contribution in [0.3, 0.4) is 0 Å². The Kier molecular flexibility index (Phi) is 3.25. The monoisotopic (exact) mass is 249 g/mol. The molecule has 4 nitrogen and oxygen atoms in total. The molecule has 2 rings (SSSR count). The van der Waals surface area contributed by atoms with Crippen molar-refractivity contribution < 1.29 is 14.6 Å². The molecule has 0 unspecified atom stereocenters. The molecule has 17 heavy (non-hydrogen) atoms. The predicted octanol–water partition coefficient (Wildman–Crippen LogP) is 3.23. The first-order chi connectivity index (χ1) is 8.16. The lowest BCUT2D eigenvalue weighted by Crippen LogP contribution is -1.96. The topological polar surface area (TPSA) is 59.4 Å². The lowest BCUT2D eigenvalue weighted by molar-refractivity contribution is 0.0697. The quantitative estimate of drug-likeness (QED) is 0.907. The van der Waals surface area contributed by atoms with Crippen molar-refractivity contribution in [1.82, 2.24) is 4.98 Å². The number of carbonyl (C=O) groups is 1. The SMILES string of the molecule is O=C(O)c1ccc(Oc2ccncc2)c(Cl)c1. The Bertz CT molecular complexity index is 543. The summed E-state index contributed by atoms with van der Waals surface area (Å²) in [7, 11) is 0. The van der Waals surface area contributed by atoms with E-state index in [4.69, 9.17) is 21.4 Å². The lowest BCUT2D eigenvalue weighted by Gasteiger charge is -2.07. The Morgan fingerprint density at radius 3 is 2.53 bits per heavy atom. The van der Waals surface area contributed by atoms with Gasteiger partial charge in [-0.05, 0) is 30.3 Å². The van der Waals surface area contributed by atoms with Crippen LogP contribution in [0.2, 0.25) is 5.02 Å². The molecule has 0 saturated heterocycles. The van der Waals surface area contributed by atoms with Crippen LogP contribution < -0.4 is 4.74 Å². The van der Waals surface area contributed by atoms with Gasteiger partial charge in [-0.15, -0.1) is 0 Å². The molecular weight excluding hydrogens is 242 g/mol. The molecule has 0 fully saturated rings.